The van der Waals surface area contributed by atoms with Crippen molar-refractivity contribution in [3.8, 4) is 22.5 Å². The van der Waals surface area contributed by atoms with Gasteiger partial charge >= 0.3 is 12.1 Å². The van der Waals surface area contributed by atoms with Crippen molar-refractivity contribution in [2.75, 3.05) is 58.4 Å². The lowest BCUT2D eigenvalue weighted by molar-refractivity contribution is -0.155. The molecule has 1 saturated carbocycles. The molecule has 328 valence electrons. The number of anilines is 1. The van der Waals surface area contributed by atoms with Crippen molar-refractivity contribution in [2.45, 2.75) is 90.7 Å². The molecule has 3 aliphatic heterocycles. The highest BCUT2D eigenvalue weighted by molar-refractivity contribution is 7.10. The zero-order valence-electron chi connectivity index (χ0n) is 35.6. The number of carbonyl (C=O) groups excluding carboxylic acids is 3. The number of alkyl halides is 3. The van der Waals surface area contributed by atoms with E-state index in [-0.39, 0.29) is 43.1 Å². The largest absolute Gasteiger partial charge is 0.464 e. The minimum absolute atomic E-state index is 0.0440. The zero-order valence-corrected chi connectivity index (χ0v) is 36.4. The number of pyridine rings is 1. The molecular formula is C44H55F3N8O5S. The number of carbonyl (C=O) groups is 3. The molecule has 4 aliphatic rings. The van der Waals surface area contributed by atoms with Crippen molar-refractivity contribution in [1.82, 2.24) is 35.2 Å². The lowest BCUT2D eigenvalue weighted by atomic mass is 9.84. The van der Waals surface area contributed by atoms with Gasteiger partial charge in [0.2, 0.25) is 5.91 Å². The van der Waals surface area contributed by atoms with E-state index in [4.69, 9.17) is 19.4 Å². The van der Waals surface area contributed by atoms with Crippen LogP contribution in [0.5, 0.6) is 0 Å². The molecule has 1 aromatic carbocycles. The first-order valence-corrected chi connectivity index (χ1v) is 22.0. The van der Waals surface area contributed by atoms with Crippen LogP contribution in [0.3, 0.4) is 0 Å². The third-order valence-corrected chi connectivity index (χ3v) is 13.4. The second kappa shape index (κ2) is 16.9. The molecule has 0 unspecified atom stereocenters. The van der Waals surface area contributed by atoms with Gasteiger partial charge in [-0.2, -0.15) is 13.2 Å². The quantitative estimate of drug-likeness (QED) is 0.209. The third kappa shape index (κ3) is 9.30. The summed E-state index contributed by atoms with van der Waals surface area (Å²) in [5, 5.41) is 7.48. The number of hydrogen-bond donors (Lipinski definition) is 2. The highest BCUT2D eigenvalue weighted by atomic mass is 32.1. The van der Waals surface area contributed by atoms with Crippen molar-refractivity contribution < 1.29 is 37.0 Å². The number of cyclic esters (lactones) is 1. The number of halogens is 3. The first-order chi connectivity index (χ1) is 29.0. The SMILES string of the molecule is CO[C@@H](C)c1ncc(N2CCN(C)CC2)cc1-c1c2c3cc(ccc3n1CC(F)(F)F)-c1csc(n1)C[C@H](NC(=O)[C@H]1C[C@@H]1C)C(=O)N1CCC[C@H](N1)C(=O)OCC(C)(C)C2. The fourth-order valence-electron chi connectivity index (χ4n) is 8.82. The number of ether oxygens (including phenoxy) is 2. The average molecular weight is 865 g/mol. The topological polar surface area (TPSA) is 134 Å². The number of hydrazine groups is 1. The number of fused-ring (bicyclic) bond motifs is 6. The summed E-state index contributed by atoms with van der Waals surface area (Å²) < 4.78 is 57.7. The highest BCUT2D eigenvalue weighted by Gasteiger charge is 2.42. The molecule has 17 heteroatoms. The number of methoxy groups -OCH3 is 1. The molecular weight excluding hydrogens is 810 g/mol. The first-order valence-electron chi connectivity index (χ1n) is 21.2. The van der Waals surface area contributed by atoms with E-state index in [1.54, 1.807) is 25.4 Å². The van der Waals surface area contributed by atoms with Crippen LogP contribution >= 0.6 is 11.3 Å². The normalized spacial score (nSPS) is 24.3. The number of esters is 1. The summed E-state index contributed by atoms with van der Waals surface area (Å²) in [6, 6.07) is 5.59. The lowest BCUT2D eigenvalue weighted by Gasteiger charge is -2.35. The Morgan fingerprint density at radius 3 is 2.61 bits per heavy atom. The Labute approximate surface area is 357 Å². The Kier molecular flexibility index (Phi) is 12.0. The van der Waals surface area contributed by atoms with Gasteiger partial charge in [0.05, 0.1) is 46.7 Å². The number of likely N-dealkylation sites (N-methyl/N-ethyl adjacent to an activating group) is 1. The Balaban J connectivity index is 1.30. The van der Waals surface area contributed by atoms with Crippen LogP contribution in [0.2, 0.25) is 0 Å². The van der Waals surface area contributed by atoms with E-state index in [0.29, 0.717) is 69.1 Å². The van der Waals surface area contributed by atoms with Crippen LogP contribution in [0.4, 0.5) is 18.9 Å². The van der Waals surface area contributed by atoms with Crippen molar-refractivity contribution in [2.24, 2.45) is 17.3 Å². The Bertz CT molecular complexity index is 2300. The van der Waals surface area contributed by atoms with E-state index >= 15 is 0 Å². The van der Waals surface area contributed by atoms with Crippen molar-refractivity contribution in [3.63, 3.8) is 0 Å². The van der Waals surface area contributed by atoms with Crippen molar-refractivity contribution in [1.29, 1.82) is 0 Å². The number of thiazole rings is 1. The Morgan fingerprint density at radius 2 is 1.90 bits per heavy atom. The fourth-order valence-corrected chi connectivity index (χ4v) is 9.67. The molecule has 6 heterocycles. The average Bonchev–Trinajstić information content (AvgIpc) is 3.67. The molecule has 0 radical (unpaired) electrons. The summed E-state index contributed by atoms with van der Waals surface area (Å²) in [7, 11) is 3.62. The predicted octanol–water partition coefficient (Wildman–Crippen LogP) is 6.15. The van der Waals surface area contributed by atoms with Crippen LogP contribution in [0, 0.1) is 17.3 Å². The minimum Gasteiger partial charge on any atom is -0.464 e. The lowest BCUT2D eigenvalue weighted by Crippen LogP contribution is -2.60. The van der Waals surface area contributed by atoms with Gasteiger partial charge in [0.1, 0.15) is 18.6 Å². The predicted molar refractivity (Wildman–Crippen MR) is 227 cm³/mol. The maximum atomic E-state index is 14.9. The molecule has 2 saturated heterocycles. The van der Waals surface area contributed by atoms with E-state index in [0.717, 1.165) is 38.3 Å². The van der Waals surface area contributed by atoms with Gasteiger partial charge in [-0.15, -0.1) is 11.3 Å². The van der Waals surface area contributed by atoms with E-state index in [9.17, 15) is 27.6 Å². The van der Waals surface area contributed by atoms with Gasteiger partial charge in [-0.05, 0) is 69.3 Å². The molecule has 1 aliphatic carbocycles. The number of aromatic nitrogens is 3. The molecule has 3 fully saturated rings. The van der Waals surface area contributed by atoms with E-state index in [1.807, 2.05) is 45.2 Å². The summed E-state index contributed by atoms with van der Waals surface area (Å²) >= 11 is 1.35. The standard InChI is InChI=1S/C44H55F3N8O5S/c1-25-16-29(25)40(56)50-34-19-37-49-35(22-61-37)27-9-10-36-30(17-27)32(20-43(3,4)24-60-42(58)33-8-7-11-55(51-33)41(34)57)39(54(36)23-44(45,46)47)31-18-28(21-48-38(31)26(2)59-6)53-14-12-52(5)13-15-53/h9-10,17-18,21-22,25-26,29,33-34,51H,7-8,11-16,19-20,23-24H2,1-6H3,(H,50,56)/t25-,26-,29-,33-,34-/m0/s1. The van der Waals surface area contributed by atoms with E-state index < -0.39 is 42.3 Å². The third-order valence-electron chi connectivity index (χ3n) is 12.6. The molecule has 13 nitrogen and oxygen atoms in total. The number of nitrogens with one attached hydrogen (secondary N) is 2. The van der Waals surface area contributed by atoms with Crippen LogP contribution in [-0.2, 0) is 43.2 Å². The summed E-state index contributed by atoms with van der Waals surface area (Å²) in [6.07, 6.45) is -1.25. The number of benzene rings is 1. The van der Waals surface area contributed by atoms with Crippen LogP contribution in [-0.4, -0.2) is 114 Å². The number of amides is 2. The monoisotopic (exact) mass is 864 g/mol. The second-order valence-electron chi connectivity index (χ2n) is 18.0. The molecule has 4 aromatic rings. The van der Waals surface area contributed by atoms with E-state index in [2.05, 4.69) is 27.6 Å². The van der Waals surface area contributed by atoms with Gasteiger partial charge < -0.3 is 29.2 Å². The molecule has 8 rings (SSSR count). The maximum Gasteiger partial charge on any atom is 0.406 e. The molecule has 0 spiro atoms. The van der Waals surface area contributed by atoms with Crippen LogP contribution in [0.15, 0.2) is 35.8 Å². The Morgan fingerprint density at radius 1 is 1.15 bits per heavy atom. The van der Waals surface area contributed by atoms with Crippen molar-refractivity contribution in [3.05, 3.63) is 52.1 Å². The summed E-state index contributed by atoms with van der Waals surface area (Å²) in [4.78, 5) is 55.4. The molecule has 2 N–H and O–H groups in total. The molecule has 61 heavy (non-hydrogen) atoms. The van der Waals surface area contributed by atoms with Gasteiger partial charge in [-0.3, -0.25) is 24.4 Å². The van der Waals surface area contributed by atoms with Gasteiger partial charge in [-0.1, -0.05) is 26.8 Å². The van der Waals surface area contributed by atoms with Crippen LogP contribution in [0.25, 0.3) is 33.4 Å². The van der Waals surface area contributed by atoms with Gasteiger partial charge in [0.15, 0.2) is 0 Å². The fraction of sp³-hybridized carbons (Fsp3) is 0.568. The molecule has 2 amide bonds. The molecule has 6 bridgehead atoms. The molecule has 3 aromatic heterocycles. The zero-order chi connectivity index (χ0) is 43.4. The van der Waals surface area contributed by atoms with Crippen LogP contribution < -0.4 is 15.6 Å². The van der Waals surface area contributed by atoms with Gasteiger partial charge in [0.25, 0.3) is 5.91 Å². The van der Waals surface area contributed by atoms with Gasteiger partial charge in [-0.25, -0.2) is 10.4 Å². The van der Waals surface area contributed by atoms with E-state index in [1.165, 1.54) is 20.9 Å². The number of nitrogens with zero attached hydrogens (tertiary/aromatic N) is 6. The number of hydrogen-bond acceptors (Lipinski definition) is 11. The maximum absolute atomic E-state index is 14.9. The van der Waals surface area contributed by atoms with Crippen LogP contribution in [0.1, 0.15) is 69.3 Å². The minimum atomic E-state index is -4.57. The summed E-state index contributed by atoms with van der Waals surface area (Å²) in [6.45, 7) is 9.89. The summed E-state index contributed by atoms with van der Waals surface area (Å²) in [5.41, 5.74) is 6.88. The smallest absolute Gasteiger partial charge is 0.406 e. The number of piperazine rings is 1. The Hall–Kier alpha value is -4.58. The molecule has 5 atom stereocenters. The highest BCUT2D eigenvalue weighted by Crippen LogP contribution is 2.44. The van der Waals surface area contributed by atoms with Crippen molar-refractivity contribution >= 4 is 45.7 Å². The first kappa shape index (κ1) is 43.1. The summed E-state index contributed by atoms with van der Waals surface area (Å²) in [5.74, 6) is -1.02. The van der Waals surface area contributed by atoms with Gasteiger partial charge in [0, 0.05) is 85.0 Å². The number of rotatable bonds is 7. The second-order valence-corrected chi connectivity index (χ2v) is 19.0.